The lowest BCUT2D eigenvalue weighted by atomic mass is 10.0. The number of anilines is 1. The Morgan fingerprint density at radius 1 is 1.08 bits per heavy atom. The molecule has 0 fully saturated rings. The molecule has 0 saturated heterocycles. The van der Waals surface area contributed by atoms with Gasteiger partial charge in [-0.2, -0.15) is 5.26 Å². The van der Waals surface area contributed by atoms with Crippen molar-refractivity contribution in [1.82, 2.24) is 0 Å². The largest absolute Gasteiger partial charge is 0.480 e. The molecular weight excluding hydrogens is 340 g/mol. The average Bonchev–Trinajstić information content (AvgIpc) is 2.59. The fourth-order valence-electron chi connectivity index (χ4n) is 2.54. The smallest absolute Gasteiger partial charge is 0.327 e. The molecule has 0 amide bonds. The highest BCUT2D eigenvalue weighted by Gasteiger charge is 2.32. The van der Waals surface area contributed by atoms with E-state index in [1.807, 2.05) is 12.1 Å². The summed E-state index contributed by atoms with van der Waals surface area (Å²) in [6, 6.07) is 14.7. The summed E-state index contributed by atoms with van der Waals surface area (Å²) < 4.78 is 22.3. The fraction of sp³-hybridized carbons (Fsp3) is 0.222. The van der Waals surface area contributed by atoms with Gasteiger partial charge >= 0.3 is 5.97 Å². The molecule has 0 aliphatic heterocycles. The molecule has 130 valence electrons. The zero-order valence-corrected chi connectivity index (χ0v) is 14.6. The molecule has 6 nitrogen and oxygen atoms in total. The van der Waals surface area contributed by atoms with Crippen LogP contribution in [0.1, 0.15) is 19.4 Å². The zero-order valence-electron chi connectivity index (χ0n) is 13.8. The molecule has 2 atom stereocenters. The lowest BCUT2D eigenvalue weighted by molar-refractivity contribution is -0.139. The lowest BCUT2D eigenvalue weighted by Crippen LogP contribution is -2.45. The Labute approximate surface area is 148 Å². The van der Waals surface area contributed by atoms with Crippen LogP contribution in [0.5, 0.6) is 0 Å². The minimum atomic E-state index is -2.46. The van der Waals surface area contributed by atoms with Crippen LogP contribution in [-0.2, 0) is 16.1 Å². The molecule has 2 aromatic carbocycles. The van der Waals surface area contributed by atoms with E-state index in [-0.39, 0.29) is 5.92 Å². The number of nitriles is 1. The first-order chi connectivity index (χ1) is 11.8. The van der Waals surface area contributed by atoms with E-state index in [1.54, 1.807) is 50.2 Å². The van der Waals surface area contributed by atoms with Crippen molar-refractivity contribution in [3.63, 3.8) is 0 Å². The summed E-state index contributed by atoms with van der Waals surface area (Å²) in [4.78, 5) is 11.5. The minimum absolute atomic E-state index is 0.347. The molecule has 2 unspecified atom stereocenters. The van der Waals surface area contributed by atoms with Crippen LogP contribution in [0.15, 0.2) is 48.5 Å². The first-order valence-electron chi connectivity index (χ1n) is 7.58. The average molecular weight is 358 g/mol. The Morgan fingerprint density at radius 2 is 1.56 bits per heavy atom. The molecule has 25 heavy (non-hydrogen) atoms. The number of carboxylic acids is 1. The highest BCUT2D eigenvalue weighted by Crippen LogP contribution is 2.27. The Kier molecular flexibility index (Phi) is 5.91. The van der Waals surface area contributed by atoms with Crippen LogP contribution in [-0.4, -0.2) is 25.9 Å². The van der Waals surface area contributed by atoms with Crippen molar-refractivity contribution in [2.45, 2.75) is 19.9 Å². The van der Waals surface area contributed by atoms with Crippen LogP contribution in [0.4, 0.5) is 5.69 Å². The van der Waals surface area contributed by atoms with Crippen LogP contribution in [0.2, 0.25) is 0 Å². The summed E-state index contributed by atoms with van der Waals surface area (Å²) in [6.07, 6.45) is 0. The van der Waals surface area contributed by atoms with Gasteiger partial charge < -0.3 is 5.11 Å². The number of nitrogens with zero attached hydrogens (tertiary/aromatic N) is 2. The molecule has 0 saturated carbocycles. The first kappa shape index (κ1) is 18.6. The van der Waals surface area contributed by atoms with Crippen LogP contribution in [0.3, 0.4) is 0 Å². The molecule has 0 spiro atoms. The Bertz CT molecular complexity index is 810. The molecule has 2 aromatic rings. The van der Waals surface area contributed by atoms with Crippen molar-refractivity contribution >= 4 is 22.9 Å². The van der Waals surface area contributed by atoms with Gasteiger partial charge in [0.25, 0.3) is 11.3 Å². The van der Waals surface area contributed by atoms with Crippen molar-refractivity contribution in [3.8, 4) is 17.2 Å². The third-order valence-corrected chi connectivity index (χ3v) is 4.55. The Hall–Kier alpha value is -2.69. The molecule has 2 N–H and O–H groups in total. The Morgan fingerprint density at radius 3 is 1.92 bits per heavy atom. The third-order valence-electron chi connectivity index (χ3n) is 3.77. The maximum Gasteiger partial charge on any atom is 0.327 e. The molecule has 2 rings (SSSR count). The number of benzene rings is 2. The Balaban J connectivity index is 2.36. The second-order valence-corrected chi connectivity index (χ2v) is 6.67. The van der Waals surface area contributed by atoms with E-state index in [0.717, 1.165) is 15.4 Å². The van der Waals surface area contributed by atoms with Crippen molar-refractivity contribution < 1.29 is 18.7 Å². The maximum absolute atomic E-state index is 11.7. The van der Waals surface area contributed by atoms with E-state index in [4.69, 9.17) is 5.26 Å². The number of rotatable bonds is 6. The topological polar surface area (TPSA) is 102 Å². The molecule has 0 heterocycles. The van der Waals surface area contributed by atoms with Gasteiger partial charge in [0, 0.05) is 0 Å². The van der Waals surface area contributed by atoms with Gasteiger partial charge in [0.2, 0.25) is 0 Å². The highest BCUT2D eigenvalue weighted by molar-refractivity contribution is 7.80. The van der Waals surface area contributed by atoms with E-state index in [1.165, 1.54) is 0 Å². The van der Waals surface area contributed by atoms with Crippen molar-refractivity contribution in [1.29, 1.82) is 5.26 Å². The van der Waals surface area contributed by atoms with Gasteiger partial charge in [-0.25, -0.2) is 9.00 Å². The second kappa shape index (κ2) is 7.92. The van der Waals surface area contributed by atoms with Crippen LogP contribution in [0.25, 0.3) is 11.1 Å². The number of carboxylic acid groups (broad SMARTS) is 1. The van der Waals surface area contributed by atoms with Crippen LogP contribution >= 0.6 is 0 Å². The molecule has 0 aliphatic rings. The van der Waals surface area contributed by atoms with Gasteiger partial charge in [-0.05, 0) is 41.3 Å². The van der Waals surface area contributed by atoms with E-state index in [0.29, 0.717) is 11.3 Å². The third kappa shape index (κ3) is 4.24. The summed E-state index contributed by atoms with van der Waals surface area (Å²) in [5, 5.41) is 18.2. The normalized spacial score (nSPS) is 13.1. The zero-order chi connectivity index (χ0) is 18.6. The van der Waals surface area contributed by atoms with Crippen molar-refractivity contribution in [3.05, 3.63) is 54.1 Å². The van der Waals surface area contributed by atoms with Crippen LogP contribution in [0, 0.1) is 17.2 Å². The highest BCUT2D eigenvalue weighted by atomic mass is 32.2. The van der Waals surface area contributed by atoms with E-state index < -0.39 is 23.3 Å². The molecule has 0 radical (unpaired) electrons. The predicted octanol–water partition coefficient (Wildman–Crippen LogP) is 3.28. The van der Waals surface area contributed by atoms with Gasteiger partial charge in [0.05, 0.1) is 17.3 Å². The molecular formula is C18H18N2O4S. The monoisotopic (exact) mass is 358 g/mol. The lowest BCUT2D eigenvalue weighted by Gasteiger charge is -2.29. The predicted molar refractivity (Wildman–Crippen MR) is 96.1 cm³/mol. The maximum atomic E-state index is 11.7. The molecule has 0 bridgehead atoms. The summed E-state index contributed by atoms with van der Waals surface area (Å²) in [6.45, 7) is 3.37. The molecule has 7 heteroatoms. The molecule has 0 aromatic heterocycles. The van der Waals surface area contributed by atoms with Crippen LogP contribution < -0.4 is 4.31 Å². The number of hydrogen-bond acceptors (Lipinski definition) is 3. The number of aliphatic carboxylic acids is 1. The number of hydrogen-bond donors (Lipinski definition) is 2. The van der Waals surface area contributed by atoms with E-state index in [9.17, 15) is 18.7 Å². The summed E-state index contributed by atoms with van der Waals surface area (Å²) in [5.41, 5.74) is 2.65. The fourth-order valence-corrected chi connectivity index (χ4v) is 3.37. The summed E-state index contributed by atoms with van der Waals surface area (Å²) >= 11 is -2.46. The number of carbonyl (C=O) groups is 1. The van der Waals surface area contributed by atoms with E-state index in [2.05, 4.69) is 6.07 Å². The second-order valence-electron chi connectivity index (χ2n) is 5.82. The quantitative estimate of drug-likeness (QED) is 0.772. The van der Waals surface area contributed by atoms with Gasteiger partial charge in [-0.1, -0.05) is 38.1 Å². The standard InChI is InChI=1S/C18H18N2O4S/c1-12(2)17(18(21)22)20(25(23)24)16-9-7-15(8-10-16)14-5-3-13(11-19)4-6-14/h3-10,12,17H,1-2H3,(H,21,22)(H,23,24). The van der Waals surface area contributed by atoms with Crippen molar-refractivity contribution in [2.75, 3.05) is 4.31 Å². The van der Waals surface area contributed by atoms with Crippen molar-refractivity contribution in [2.24, 2.45) is 5.92 Å². The van der Waals surface area contributed by atoms with E-state index >= 15 is 0 Å². The SMILES string of the molecule is CC(C)C(C(=O)O)N(c1ccc(-c2ccc(C#N)cc2)cc1)S(=O)O. The summed E-state index contributed by atoms with van der Waals surface area (Å²) in [7, 11) is 0. The minimum Gasteiger partial charge on any atom is -0.480 e. The van der Waals surface area contributed by atoms with Gasteiger partial charge in [-0.15, -0.1) is 0 Å². The molecule has 0 aliphatic carbocycles. The first-order valence-corrected chi connectivity index (χ1v) is 8.65. The van der Waals surface area contributed by atoms with Gasteiger partial charge in [0.15, 0.2) is 0 Å². The summed E-state index contributed by atoms with van der Waals surface area (Å²) in [5.74, 6) is -1.51. The van der Waals surface area contributed by atoms with Gasteiger partial charge in [0.1, 0.15) is 6.04 Å². The van der Waals surface area contributed by atoms with Gasteiger partial charge in [-0.3, -0.25) is 8.86 Å².